The van der Waals surface area contributed by atoms with Gasteiger partial charge >= 0.3 is 7.60 Å². The van der Waals surface area contributed by atoms with Gasteiger partial charge in [0, 0.05) is 18.8 Å². The molecule has 2 aromatic rings. The van der Waals surface area contributed by atoms with Crippen LogP contribution in [0.1, 0.15) is 60.9 Å². The van der Waals surface area contributed by atoms with Crippen molar-refractivity contribution in [3.05, 3.63) is 82.6 Å². The maximum Gasteiger partial charge on any atom is 0.368 e. The molecule has 1 heterocycles. The molecule has 0 unspecified atom stereocenters. The lowest BCUT2D eigenvalue weighted by Gasteiger charge is -2.30. The van der Waals surface area contributed by atoms with E-state index in [1.165, 1.54) is 5.56 Å². The Labute approximate surface area is 208 Å². The van der Waals surface area contributed by atoms with Gasteiger partial charge in [0.1, 0.15) is 11.5 Å². The lowest BCUT2D eigenvalue weighted by molar-refractivity contribution is 0.0933. The number of nitrogens with zero attached hydrogens (tertiary/aromatic N) is 1. The van der Waals surface area contributed by atoms with E-state index < -0.39 is 13.7 Å². The molecule has 2 atom stereocenters. The van der Waals surface area contributed by atoms with Crippen LogP contribution in [-0.4, -0.2) is 30.4 Å². The van der Waals surface area contributed by atoms with Crippen molar-refractivity contribution in [2.24, 2.45) is 4.99 Å². The molecular formula is C28H36NO5P. The fourth-order valence-electron chi connectivity index (χ4n) is 4.08. The molecule has 0 aromatic heterocycles. The molecular weight excluding hydrogens is 461 g/mol. The molecule has 0 aliphatic carbocycles. The Morgan fingerprint density at radius 3 is 2.66 bits per heavy atom. The highest BCUT2D eigenvalue weighted by Crippen LogP contribution is 2.53. The highest BCUT2D eigenvalue weighted by atomic mass is 31.2. The van der Waals surface area contributed by atoms with E-state index in [0.29, 0.717) is 30.1 Å². The largest absolute Gasteiger partial charge is 0.508 e. The van der Waals surface area contributed by atoms with Crippen LogP contribution in [0, 0.1) is 13.8 Å². The van der Waals surface area contributed by atoms with E-state index in [2.05, 4.69) is 31.5 Å². The number of phenolic OH excluding ortho intramolecular Hbond substituents is 1. The second kappa shape index (κ2) is 11.9. The molecule has 0 spiro atoms. The van der Waals surface area contributed by atoms with Crippen molar-refractivity contribution in [2.45, 2.75) is 59.5 Å². The third-order valence-corrected chi connectivity index (χ3v) is 7.64. The summed E-state index contributed by atoms with van der Waals surface area (Å²) in [7, 11) is -3.42. The zero-order valence-corrected chi connectivity index (χ0v) is 22.2. The number of benzene rings is 2. The monoisotopic (exact) mass is 497 g/mol. The number of phenols is 1. The molecule has 6 nitrogen and oxygen atoms in total. The Balaban J connectivity index is 1.68. The van der Waals surface area contributed by atoms with E-state index >= 15 is 0 Å². The first-order valence-electron chi connectivity index (χ1n) is 11.9. The van der Waals surface area contributed by atoms with E-state index in [9.17, 15) is 9.67 Å². The molecule has 1 fully saturated rings. The van der Waals surface area contributed by atoms with Gasteiger partial charge in [-0.15, -0.1) is 0 Å². The number of aliphatic imine (C=N–C) groups is 1. The summed E-state index contributed by atoms with van der Waals surface area (Å²) in [6.45, 7) is 14.4. The summed E-state index contributed by atoms with van der Waals surface area (Å²) in [6.07, 6.45) is 5.83. The van der Waals surface area contributed by atoms with Crippen molar-refractivity contribution in [1.82, 2.24) is 0 Å². The summed E-state index contributed by atoms with van der Waals surface area (Å²) < 4.78 is 30.3. The van der Waals surface area contributed by atoms with E-state index in [1.807, 2.05) is 39.0 Å². The first kappa shape index (κ1) is 26.9. The Morgan fingerprint density at radius 1 is 1.29 bits per heavy atom. The summed E-state index contributed by atoms with van der Waals surface area (Å²) in [5, 5.41) is 10.1. The number of hydrogen-bond acceptors (Lipinski definition) is 6. The van der Waals surface area contributed by atoms with Crippen LogP contribution in [0.2, 0.25) is 0 Å². The molecule has 35 heavy (non-hydrogen) atoms. The quantitative estimate of drug-likeness (QED) is 0.225. The zero-order valence-electron chi connectivity index (χ0n) is 21.3. The van der Waals surface area contributed by atoms with Crippen LogP contribution in [0.15, 0.2) is 59.8 Å². The number of rotatable bonds is 9. The fourth-order valence-corrected chi connectivity index (χ4v) is 5.59. The smallest absolute Gasteiger partial charge is 0.368 e. The van der Waals surface area contributed by atoms with Crippen LogP contribution < -0.4 is 4.74 Å². The molecule has 0 bridgehead atoms. The molecule has 3 rings (SSSR count). The Bertz CT molecular complexity index is 1140. The molecule has 188 valence electrons. The first-order valence-corrected chi connectivity index (χ1v) is 13.6. The second-order valence-corrected chi connectivity index (χ2v) is 11.1. The van der Waals surface area contributed by atoms with Gasteiger partial charge in [-0.1, -0.05) is 32.6 Å². The Hall–Kier alpha value is -2.66. The fraction of sp³-hybridized carbons (Fsp3) is 0.393. The van der Waals surface area contributed by atoms with Crippen molar-refractivity contribution in [3.63, 3.8) is 0 Å². The average Bonchev–Trinajstić information content (AvgIpc) is 2.81. The lowest BCUT2D eigenvalue weighted by Crippen LogP contribution is -2.23. The molecule has 1 aliphatic heterocycles. The maximum absolute atomic E-state index is 13.2. The van der Waals surface area contributed by atoms with Gasteiger partial charge in [-0.2, -0.15) is 0 Å². The van der Waals surface area contributed by atoms with Gasteiger partial charge in [-0.05, 0) is 90.8 Å². The van der Waals surface area contributed by atoms with E-state index in [-0.39, 0.29) is 12.3 Å². The minimum Gasteiger partial charge on any atom is -0.508 e. The third-order valence-electron chi connectivity index (χ3n) is 6.05. The third kappa shape index (κ3) is 7.17. The van der Waals surface area contributed by atoms with Gasteiger partial charge in [-0.25, -0.2) is 0 Å². The van der Waals surface area contributed by atoms with Crippen LogP contribution in [0.3, 0.4) is 0 Å². The highest BCUT2D eigenvalue weighted by Gasteiger charge is 2.35. The van der Waals surface area contributed by atoms with Gasteiger partial charge in [0.15, 0.2) is 6.35 Å². The van der Waals surface area contributed by atoms with E-state index in [0.717, 1.165) is 28.7 Å². The van der Waals surface area contributed by atoms with Crippen LogP contribution in [-0.2, 0) is 20.0 Å². The molecule has 7 heteroatoms. The van der Waals surface area contributed by atoms with Crippen LogP contribution in [0.4, 0.5) is 0 Å². The van der Waals surface area contributed by atoms with Gasteiger partial charge in [0.2, 0.25) is 0 Å². The predicted molar refractivity (Wildman–Crippen MR) is 142 cm³/mol. The van der Waals surface area contributed by atoms with Gasteiger partial charge < -0.3 is 14.4 Å². The maximum atomic E-state index is 13.2. The van der Waals surface area contributed by atoms with Gasteiger partial charge in [-0.3, -0.25) is 14.1 Å². The Kier molecular flexibility index (Phi) is 9.12. The summed E-state index contributed by atoms with van der Waals surface area (Å²) in [4.78, 5) is 4.03. The Morgan fingerprint density at radius 2 is 2.00 bits per heavy atom. The molecule has 0 radical (unpaired) electrons. The topological polar surface area (TPSA) is 77.4 Å². The molecule has 0 saturated carbocycles. The van der Waals surface area contributed by atoms with Crippen molar-refractivity contribution < 1.29 is 23.5 Å². The minimum absolute atomic E-state index is 0.165. The van der Waals surface area contributed by atoms with Crippen molar-refractivity contribution >= 4 is 13.8 Å². The first-order chi connectivity index (χ1) is 16.6. The lowest BCUT2D eigenvalue weighted by atomic mass is 9.93. The average molecular weight is 498 g/mol. The van der Waals surface area contributed by atoms with E-state index in [1.54, 1.807) is 24.6 Å². The summed E-state index contributed by atoms with van der Waals surface area (Å²) in [6, 6.07) is 9.69. The van der Waals surface area contributed by atoms with Crippen LogP contribution >= 0.6 is 7.60 Å². The molecule has 2 aromatic carbocycles. The number of hydrogen-bond donors (Lipinski definition) is 1. The summed E-state index contributed by atoms with van der Waals surface area (Å²) >= 11 is 0. The van der Waals surface area contributed by atoms with Crippen LogP contribution in [0.5, 0.6) is 11.5 Å². The summed E-state index contributed by atoms with van der Waals surface area (Å²) in [5.41, 5.74) is 6.15. The van der Waals surface area contributed by atoms with Crippen molar-refractivity contribution in [3.8, 4) is 11.5 Å². The van der Waals surface area contributed by atoms with E-state index in [4.69, 9.17) is 13.8 Å². The van der Waals surface area contributed by atoms with Crippen LogP contribution in [0.25, 0.3) is 0 Å². The summed E-state index contributed by atoms with van der Waals surface area (Å²) in [5.74, 6) is 1.20. The number of aryl methyl sites for hydroxylation is 2. The highest BCUT2D eigenvalue weighted by molar-refractivity contribution is 7.53. The molecule has 0 amide bonds. The van der Waals surface area contributed by atoms with Gasteiger partial charge in [0.25, 0.3) is 0 Å². The SMILES string of the molecule is C=C(/C=C\N=CC)[C@@H]1CCO[P@@](=O)(COc2cc(C)c(Cc3ccc(O)c(C(C)C)c3)c(C)c2)O1. The molecule has 1 N–H and O–H groups in total. The van der Waals surface area contributed by atoms with Crippen molar-refractivity contribution in [2.75, 3.05) is 13.0 Å². The molecule has 1 aliphatic rings. The predicted octanol–water partition coefficient (Wildman–Crippen LogP) is 7.22. The number of aromatic hydroxyl groups is 1. The number of ether oxygens (including phenoxy) is 1. The second-order valence-electron chi connectivity index (χ2n) is 9.16. The van der Waals surface area contributed by atoms with Crippen molar-refractivity contribution in [1.29, 1.82) is 0 Å². The standard InChI is InChI=1S/C28H36NO5P/c1-7-29-12-10-20(4)28-11-13-33-35(31,34-28)18-32-24-14-21(5)26(22(6)15-24)17-23-8-9-27(30)25(16-23)19(2)3/h7-10,12,14-16,19,28,30H,4,11,13,17-18H2,1-3,5-6H3/b12-10-,29-7?/t28-,35-/m0/s1. The molecule has 1 saturated heterocycles. The zero-order chi connectivity index (χ0) is 25.6. The van der Waals surface area contributed by atoms with Gasteiger partial charge in [0.05, 0.1) is 12.7 Å². The normalized spacial score (nSPS) is 20.7. The minimum atomic E-state index is -3.42.